The number of fused-ring (bicyclic) bond motifs is 2. The van der Waals surface area contributed by atoms with Crippen LogP contribution in [-0.4, -0.2) is 26.4 Å². The number of aromatic nitrogens is 3. The molecule has 1 aliphatic heterocycles. The number of imidazole rings is 1. The normalized spacial score (nSPS) is 17.7. The van der Waals surface area contributed by atoms with Crippen molar-refractivity contribution in [1.29, 1.82) is 0 Å². The number of para-hydroxylation sites is 1. The van der Waals surface area contributed by atoms with Crippen LogP contribution < -0.4 is 0 Å². The Morgan fingerprint density at radius 2 is 2.16 bits per heavy atom. The van der Waals surface area contributed by atoms with Crippen molar-refractivity contribution in [3.63, 3.8) is 0 Å². The lowest BCUT2D eigenvalue weighted by atomic mass is 9.99. The first kappa shape index (κ1) is 14.4. The lowest BCUT2D eigenvalue weighted by Crippen LogP contribution is -2.35. The van der Waals surface area contributed by atoms with Gasteiger partial charge in [0.05, 0.1) is 12.0 Å². The minimum atomic E-state index is 0.0163. The fourth-order valence-corrected chi connectivity index (χ4v) is 3.67. The molecular weight excluding hydrogens is 312 g/mol. The van der Waals surface area contributed by atoms with Crippen LogP contribution in [0.25, 0.3) is 11.0 Å². The molecule has 0 spiro atoms. The molecule has 0 fully saturated rings. The third-order valence-electron chi connectivity index (χ3n) is 4.85. The molecule has 3 aromatic heterocycles. The van der Waals surface area contributed by atoms with E-state index >= 15 is 0 Å². The van der Waals surface area contributed by atoms with Gasteiger partial charge in [0.25, 0.3) is 0 Å². The molecule has 0 radical (unpaired) electrons. The van der Waals surface area contributed by atoms with Crippen molar-refractivity contribution in [2.75, 3.05) is 6.54 Å². The van der Waals surface area contributed by atoms with Crippen LogP contribution in [0, 0.1) is 0 Å². The van der Waals surface area contributed by atoms with Gasteiger partial charge in [-0.15, -0.1) is 0 Å². The van der Waals surface area contributed by atoms with Crippen molar-refractivity contribution in [2.24, 2.45) is 0 Å². The summed E-state index contributed by atoms with van der Waals surface area (Å²) in [6, 6.07) is 14.4. The van der Waals surface area contributed by atoms with E-state index in [0.717, 1.165) is 41.9 Å². The Balaban J connectivity index is 1.58. The summed E-state index contributed by atoms with van der Waals surface area (Å²) in [7, 11) is 0. The maximum atomic E-state index is 6.19. The Labute approximate surface area is 145 Å². The molecule has 4 heterocycles. The minimum absolute atomic E-state index is 0.0163. The molecule has 0 amide bonds. The van der Waals surface area contributed by atoms with Crippen LogP contribution in [0.3, 0.4) is 0 Å². The van der Waals surface area contributed by atoms with Gasteiger partial charge < -0.3 is 9.40 Å². The van der Waals surface area contributed by atoms with Crippen LogP contribution in [0.4, 0.5) is 0 Å². The van der Waals surface area contributed by atoms with Crippen molar-refractivity contribution in [3.05, 3.63) is 83.9 Å². The van der Waals surface area contributed by atoms with Gasteiger partial charge in [0.2, 0.25) is 0 Å². The molecule has 0 bridgehead atoms. The molecule has 5 heteroatoms. The number of hydrogen-bond acceptors (Lipinski definition) is 4. The third-order valence-corrected chi connectivity index (χ3v) is 4.85. The van der Waals surface area contributed by atoms with E-state index in [4.69, 9.17) is 4.42 Å². The average Bonchev–Trinajstić information content (AvgIpc) is 3.28. The van der Waals surface area contributed by atoms with E-state index in [1.807, 2.05) is 36.7 Å². The summed E-state index contributed by atoms with van der Waals surface area (Å²) in [6.45, 7) is 1.77. The molecule has 124 valence electrons. The second kappa shape index (κ2) is 5.86. The zero-order valence-corrected chi connectivity index (χ0v) is 13.7. The van der Waals surface area contributed by atoms with E-state index in [-0.39, 0.29) is 6.04 Å². The zero-order valence-electron chi connectivity index (χ0n) is 13.7. The number of H-pyrrole nitrogens is 1. The molecule has 5 rings (SSSR count). The van der Waals surface area contributed by atoms with Crippen molar-refractivity contribution in [1.82, 2.24) is 19.9 Å². The topological polar surface area (TPSA) is 58.0 Å². The highest BCUT2D eigenvalue weighted by Gasteiger charge is 2.33. The summed E-state index contributed by atoms with van der Waals surface area (Å²) < 4.78 is 6.19. The Kier molecular flexibility index (Phi) is 3.38. The minimum Gasteiger partial charge on any atom is -0.459 e. The maximum Gasteiger partial charge on any atom is 0.134 e. The Bertz CT molecular complexity index is 972. The van der Waals surface area contributed by atoms with Gasteiger partial charge in [-0.05, 0) is 23.8 Å². The van der Waals surface area contributed by atoms with Crippen LogP contribution in [0.15, 0.2) is 65.6 Å². The van der Waals surface area contributed by atoms with Gasteiger partial charge in [0.1, 0.15) is 17.4 Å². The van der Waals surface area contributed by atoms with Gasteiger partial charge in [-0.1, -0.05) is 24.3 Å². The first-order valence-corrected chi connectivity index (χ1v) is 8.52. The Morgan fingerprint density at radius 1 is 1.20 bits per heavy atom. The van der Waals surface area contributed by atoms with Crippen molar-refractivity contribution in [2.45, 2.75) is 19.0 Å². The molecule has 1 aliphatic rings. The highest BCUT2D eigenvalue weighted by molar-refractivity contribution is 5.78. The lowest BCUT2D eigenvalue weighted by Gasteiger charge is -2.33. The van der Waals surface area contributed by atoms with Crippen molar-refractivity contribution < 1.29 is 4.42 Å². The van der Waals surface area contributed by atoms with Crippen LogP contribution >= 0.6 is 0 Å². The van der Waals surface area contributed by atoms with E-state index in [1.165, 1.54) is 11.3 Å². The van der Waals surface area contributed by atoms with Crippen LogP contribution in [-0.2, 0) is 13.0 Å². The third kappa shape index (κ3) is 2.53. The Hall–Kier alpha value is -2.92. The van der Waals surface area contributed by atoms with Gasteiger partial charge in [0, 0.05) is 43.0 Å². The summed E-state index contributed by atoms with van der Waals surface area (Å²) in [5.41, 5.74) is 4.38. The smallest absolute Gasteiger partial charge is 0.134 e. The molecule has 0 unspecified atom stereocenters. The number of nitrogens with zero attached hydrogens (tertiary/aromatic N) is 3. The monoisotopic (exact) mass is 330 g/mol. The number of benzene rings is 1. The molecule has 0 aliphatic carbocycles. The fraction of sp³-hybridized carbons (Fsp3) is 0.200. The highest BCUT2D eigenvalue weighted by atomic mass is 16.3. The number of nitrogens with one attached hydrogen (secondary N) is 1. The van der Waals surface area contributed by atoms with Gasteiger partial charge >= 0.3 is 0 Å². The van der Waals surface area contributed by atoms with Gasteiger partial charge in [-0.3, -0.25) is 9.88 Å². The van der Waals surface area contributed by atoms with E-state index in [1.54, 1.807) is 6.33 Å². The molecule has 1 N–H and O–H groups in total. The second-order valence-corrected chi connectivity index (χ2v) is 6.44. The molecule has 1 atom stereocenters. The number of furan rings is 1. The van der Waals surface area contributed by atoms with Crippen LogP contribution in [0.2, 0.25) is 0 Å². The summed E-state index contributed by atoms with van der Waals surface area (Å²) in [6.07, 6.45) is 6.48. The highest BCUT2D eigenvalue weighted by Crippen LogP contribution is 2.36. The molecule has 5 nitrogen and oxygen atoms in total. The Morgan fingerprint density at radius 3 is 3.04 bits per heavy atom. The van der Waals surface area contributed by atoms with Crippen molar-refractivity contribution in [3.8, 4) is 0 Å². The second-order valence-electron chi connectivity index (χ2n) is 6.44. The molecule has 4 aromatic rings. The average molecular weight is 330 g/mol. The number of hydrogen-bond donors (Lipinski definition) is 1. The summed E-state index contributed by atoms with van der Waals surface area (Å²) >= 11 is 0. The maximum absolute atomic E-state index is 6.19. The van der Waals surface area contributed by atoms with Crippen LogP contribution in [0.5, 0.6) is 0 Å². The largest absolute Gasteiger partial charge is 0.459 e. The van der Waals surface area contributed by atoms with Gasteiger partial charge in [-0.25, -0.2) is 4.98 Å². The van der Waals surface area contributed by atoms with Crippen LogP contribution in [0.1, 0.15) is 28.8 Å². The van der Waals surface area contributed by atoms with E-state index in [0.29, 0.717) is 0 Å². The first-order chi connectivity index (χ1) is 12.4. The standard InChI is InChI=1S/C20H18N4O/c1-2-6-17-15(5-1)10-18(25-17)20-19-16(22-13-23-19)7-9-24(20)12-14-4-3-8-21-11-14/h1-6,8,10-11,13,20H,7,9,12H2,(H,22,23)/t20-/m1/s1. The van der Waals surface area contributed by atoms with Crippen molar-refractivity contribution >= 4 is 11.0 Å². The lowest BCUT2D eigenvalue weighted by molar-refractivity contribution is 0.181. The van der Waals surface area contributed by atoms with E-state index < -0.39 is 0 Å². The molecule has 0 saturated carbocycles. The predicted octanol–water partition coefficient (Wildman–Crippen LogP) is 3.70. The molecule has 25 heavy (non-hydrogen) atoms. The number of pyridine rings is 1. The van der Waals surface area contributed by atoms with E-state index in [2.05, 4.69) is 38.1 Å². The van der Waals surface area contributed by atoms with Gasteiger partial charge in [0.15, 0.2) is 0 Å². The molecule has 1 aromatic carbocycles. The number of aromatic amines is 1. The summed E-state index contributed by atoms with van der Waals surface area (Å²) in [4.78, 5) is 14.5. The predicted molar refractivity (Wildman–Crippen MR) is 95.0 cm³/mol. The first-order valence-electron chi connectivity index (χ1n) is 8.52. The quantitative estimate of drug-likeness (QED) is 0.622. The molecule has 0 saturated heterocycles. The van der Waals surface area contributed by atoms with Gasteiger partial charge in [-0.2, -0.15) is 0 Å². The zero-order chi connectivity index (χ0) is 16.6. The summed E-state index contributed by atoms with van der Waals surface area (Å²) in [5, 5.41) is 1.13. The molecular formula is C20H18N4O. The number of rotatable bonds is 3. The van der Waals surface area contributed by atoms with E-state index in [9.17, 15) is 0 Å². The summed E-state index contributed by atoms with van der Waals surface area (Å²) in [5.74, 6) is 0.943. The fourth-order valence-electron chi connectivity index (χ4n) is 3.67. The SMILES string of the molecule is c1cncc(CN2CCc3[nH]cnc3[C@H]2c2cc3ccccc3o2)c1.